The summed E-state index contributed by atoms with van der Waals surface area (Å²) in [6.07, 6.45) is 5.16. The number of amides is 1. The Morgan fingerprint density at radius 1 is 0.967 bits per heavy atom. The van der Waals surface area contributed by atoms with Crippen LogP contribution in [-0.4, -0.2) is 23.1 Å². The van der Waals surface area contributed by atoms with E-state index in [1.54, 1.807) is 0 Å². The Morgan fingerprint density at radius 3 is 2.23 bits per heavy atom. The van der Waals surface area contributed by atoms with Gasteiger partial charge in [0.25, 0.3) is 0 Å². The molecule has 4 rings (SSSR count). The highest BCUT2D eigenvalue weighted by atomic mass is 16.6. The van der Waals surface area contributed by atoms with E-state index < -0.39 is 0 Å². The monoisotopic (exact) mass is 403 g/mol. The van der Waals surface area contributed by atoms with Crippen LogP contribution in [0.3, 0.4) is 0 Å². The Hall–Kier alpha value is -2.55. The fourth-order valence-corrected chi connectivity index (χ4v) is 5.02. The minimum atomic E-state index is -0.178. The first-order valence-electron chi connectivity index (χ1n) is 11.3. The van der Waals surface area contributed by atoms with Gasteiger partial charge in [-0.15, -0.1) is 0 Å². The second kappa shape index (κ2) is 8.67. The van der Waals surface area contributed by atoms with E-state index >= 15 is 0 Å². The van der Waals surface area contributed by atoms with Crippen LogP contribution in [0.15, 0.2) is 54.6 Å². The second-order valence-corrected chi connectivity index (χ2v) is 9.26. The maximum Gasteiger partial charge on any atom is 0.410 e. The van der Waals surface area contributed by atoms with Crippen molar-refractivity contribution in [3.63, 3.8) is 0 Å². The van der Waals surface area contributed by atoms with Crippen molar-refractivity contribution in [2.75, 3.05) is 0 Å². The van der Waals surface area contributed by atoms with Crippen LogP contribution in [0.5, 0.6) is 0 Å². The van der Waals surface area contributed by atoms with Crippen LogP contribution in [0.4, 0.5) is 4.79 Å². The molecule has 0 aromatic heterocycles. The summed E-state index contributed by atoms with van der Waals surface area (Å²) >= 11 is 0. The predicted molar refractivity (Wildman–Crippen MR) is 122 cm³/mol. The van der Waals surface area contributed by atoms with Crippen LogP contribution >= 0.6 is 0 Å². The van der Waals surface area contributed by atoms with E-state index in [4.69, 9.17) is 4.74 Å². The van der Waals surface area contributed by atoms with Gasteiger partial charge in [-0.2, -0.15) is 0 Å². The summed E-state index contributed by atoms with van der Waals surface area (Å²) in [7, 11) is 0. The van der Waals surface area contributed by atoms with Crippen LogP contribution in [0.25, 0.3) is 5.57 Å². The van der Waals surface area contributed by atoms with Gasteiger partial charge < -0.3 is 4.74 Å². The number of hydrogen-bond donors (Lipinski definition) is 0. The molecule has 2 aliphatic heterocycles. The molecule has 2 bridgehead atoms. The van der Waals surface area contributed by atoms with Gasteiger partial charge in [0, 0.05) is 6.04 Å². The van der Waals surface area contributed by atoms with Gasteiger partial charge in [0.1, 0.15) is 6.61 Å². The average Bonchev–Trinajstić information content (AvgIpc) is 3.01. The summed E-state index contributed by atoms with van der Waals surface area (Å²) in [6, 6.07) is 17.0. The molecule has 3 heteroatoms. The molecule has 2 aromatic carbocycles. The van der Waals surface area contributed by atoms with Gasteiger partial charge in [0.2, 0.25) is 0 Å². The molecule has 0 aliphatic carbocycles. The second-order valence-electron chi connectivity index (χ2n) is 9.26. The van der Waals surface area contributed by atoms with E-state index in [1.165, 1.54) is 22.3 Å². The Balaban J connectivity index is 1.58. The summed E-state index contributed by atoms with van der Waals surface area (Å²) in [5.41, 5.74) is 6.72. The highest BCUT2D eigenvalue weighted by Gasteiger charge is 2.41. The van der Waals surface area contributed by atoms with Crippen molar-refractivity contribution in [1.82, 2.24) is 4.90 Å². The zero-order valence-electron chi connectivity index (χ0n) is 18.6. The molecule has 158 valence electrons. The summed E-state index contributed by atoms with van der Waals surface area (Å²) < 4.78 is 5.67. The molecule has 2 aromatic rings. The molecule has 2 heterocycles. The number of carbonyl (C=O) groups excluding carboxylic acids is 1. The highest BCUT2D eigenvalue weighted by molar-refractivity contribution is 5.77. The van der Waals surface area contributed by atoms with Gasteiger partial charge in [-0.25, -0.2) is 4.79 Å². The molecular formula is C27H33NO2. The van der Waals surface area contributed by atoms with Crippen molar-refractivity contribution >= 4 is 11.7 Å². The quantitative estimate of drug-likeness (QED) is 0.544. The maximum atomic E-state index is 12.9. The first-order chi connectivity index (χ1) is 14.5. The van der Waals surface area contributed by atoms with E-state index in [9.17, 15) is 4.79 Å². The summed E-state index contributed by atoms with van der Waals surface area (Å²) in [6.45, 7) is 9.42. The lowest BCUT2D eigenvalue weighted by Crippen LogP contribution is -2.43. The predicted octanol–water partition coefficient (Wildman–Crippen LogP) is 6.89. The van der Waals surface area contributed by atoms with Crippen LogP contribution in [-0.2, 0) is 11.3 Å². The third-order valence-electron chi connectivity index (χ3n) is 6.51. The fourth-order valence-electron chi connectivity index (χ4n) is 5.02. The fraction of sp³-hybridized carbons (Fsp3) is 0.444. The van der Waals surface area contributed by atoms with Crippen LogP contribution in [0, 0.1) is 0 Å². The lowest BCUT2D eigenvalue weighted by Gasteiger charge is -2.35. The van der Waals surface area contributed by atoms with E-state index in [1.807, 2.05) is 35.2 Å². The molecule has 30 heavy (non-hydrogen) atoms. The van der Waals surface area contributed by atoms with Gasteiger partial charge in [-0.3, -0.25) is 4.90 Å². The third kappa shape index (κ3) is 4.03. The molecule has 0 spiro atoms. The minimum Gasteiger partial charge on any atom is -0.445 e. The molecule has 0 radical (unpaired) electrons. The first kappa shape index (κ1) is 20.7. The molecule has 3 nitrogen and oxygen atoms in total. The largest absolute Gasteiger partial charge is 0.445 e. The normalized spacial score (nSPS) is 20.6. The summed E-state index contributed by atoms with van der Waals surface area (Å²) in [4.78, 5) is 14.9. The lowest BCUT2D eigenvalue weighted by molar-refractivity contribution is 0.0832. The first-order valence-corrected chi connectivity index (χ1v) is 11.3. The number of ether oxygens (including phenoxy) is 1. The Bertz CT molecular complexity index is 903. The zero-order chi connectivity index (χ0) is 21.3. The number of carbonyl (C=O) groups is 1. The Morgan fingerprint density at radius 2 is 1.63 bits per heavy atom. The molecule has 2 unspecified atom stereocenters. The molecular weight excluding hydrogens is 370 g/mol. The van der Waals surface area contributed by atoms with E-state index in [2.05, 4.69) is 52.0 Å². The highest BCUT2D eigenvalue weighted by Crippen LogP contribution is 2.43. The van der Waals surface area contributed by atoms with Gasteiger partial charge in [0.05, 0.1) is 6.04 Å². The van der Waals surface area contributed by atoms with Crippen molar-refractivity contribution < 1.29 is 9.53 Å². The summed E-state index contributed by atoms with van der Waals surface area (Å²) in [5.74, 6) is 0.956. The van der Waals surface area contributed by atoms with Gasteiger partial charge in [-0.05, 0) is 58.9 Å². The van der Waals surface area contributed by atoms with Gasteiger partial charge in [-0.1, -0.05) is 82.3 Å². The molecule has 0 N–H and O–H groups in total. The number of benzene rings is 2. The minimum absolute atomic E-state index is 0.141. The van der Waals surface area contributed by atoms with Crippen LogP contribution in [0.1, 0.15) is 81.0 Å². The number of fused-ring (bicyclic) bond motifs is 2. The molecule has 0 saturated carbocycles. The van der Waals surface area contributed by atoms with E-state index in [0.717, 1.165) is 24.8 Å². The Kier molecular flexibility index (Phi) is 5.99. The van der Waals surface area contributed by atoms with Gasteiger partial charge in [0.15, 0.2) is 0 Å². The molecule has 2 atom stereocenters. The molecule has 1 amide bonds. The zero-order valence-corrected chi connectivity index (χ0v) is 18.6. The topological polar surface area (TPSA) is 29.5 Å². The standard InChI is InChI=1S/C27H33NO2/c1-18(2)24-11-8-12-25(19(3)4)26(24)21-15-22-13-14-23(16-21)28(22)27(29)30-17-20-9-6-5-7-10-20/h5-12,15,18-19,22-23H,13-14,16-17H2,1-4H3. The SMILES string of the molecule is CC(C)c1cccc(C(C)C)c1C1=CC2CCC(C1)N2C(=O)OCc1ccccc1. The number of hydrogen-bond acceptors (Lipinski definition) is 2. The van der Waals surface area contributed by atoms with Crippen LogP contribution < -0.4 is 0 Å². The summed E-state index contributed by atoms with van der Waals surface area (Å²) in [5, 5.41) is 0. The molecule has 2 aliphatic rings. The average molecular weight is 404 g/mol. The van der Waals surface area contributed by atoms with Crippen molar-refractivity contribution in [3.8, 4) is 0 Å². The van der Waals surface area contributed by atoms with E-state index in [-0.39, 0.29) is 18.2 Å². The molecule has 1 saturated heterocycles. The number of rotatable bonds is 5. The number of nitrogens with zero attached hydrogens (tertiary/aromatic N) is 1. The van der Waals surface area contributed by atoms with E-state index in [0.29, 0.717) is 18.4 Å². The Labute approximate surface area is 180 Å². The maximum absolute atomic E-state index is 12.9. The van der Waals surface area contributed by atoms with Crippen molar-refractivity contribution in [2.45, 2.75) is 77.5 Å². The third-order valence-corrected chi connectivity index (χ3v) is 6.51. The van der Waals surface area contributed by atoms with Crippen molar-refractivity contribution in [3.05, 3.63) is 76.9 Å². The molecule has 1 fully saturated rings. The van der Waals surface area contributed by atoms with Crippen molar-refractivity contribution in [2.24, 2.45) is 0 Å². The van der Waals surface area contributed by atoms with Crippen LogP contribution in [0.2, 0.25) is 0 Å². The lowest BCUT2D eigenvalue weighted by atomic mass is 9.82. The smallest absolute Gasteiger partial charge is 0.410 e. The van der Waals surface area contributed by atoms with Crippen molar-refractivity contribution in [1.29, 1.82) is 0 Å². The van der Waals surface area contributed by atoms with Gasteiger partial charge >= 0.3 is 6.09 Å².